The Morgan fingerprint density at radius 3 is 2.19 bits per heavy atom. The lowest BCUT2D eigenvalue weighted by Crippen LogP contribution is -2.35. The predicted octanol–water partition coefficient (Wildman–Crippen LogP) is 4.53. The van der Waals surface area contributed by atoms with Crippen LogP contribution in [0.1, 0.15) is 24.2 Å². The lowest BCUT2D eigenvalue weighted by atomic mass is 10.1. The summed E-state index contributed by atoms with van der Waals surface area (Å²) in [5, 5.41) is 0. The van der Waals surface area contributed by atoms with Crippen LogP contribution in [0.5, 0.6) is 0 Å². The molecule has 0 aromatic carbocycles. The van der Waals surface area contributed by atoms with Crippen LogP contribution in [-0.4, -0.2) is 19.4 Å². The van der Waals surface area contributed by atoms with E-state index in [2.05, 4.69) is 47.8 Å². The summed E-state index contributed by atoms with van der Waals surface area (Å²) in [6.45, 7) is 3.44. The Hall–Kier alpha value is 1.09. The molecular weight excluding hydrogens is 444 g/mol. The fraction of sp³-hybridized carbons (Fsp3) is 0.556. The van der Waals surface area contributed by atoms with Crippen LogP contribution in [0.2, 0.25) is 0 Å². The van der Waals surface area contributed by atoms with E-state index in [0.717, 1.165) is 13.1 Å². The molecule has 0 bridgehead atoms. The molecule has 1 rings (SSSR count). The molecule has 0 N–H and O–H groups in total. The van der Waals surface area contributed by atoms with Crippen molar-refractivity contribution in [2.45, 2.75) is 23.4 Å². The van der Waals surface area contributed by atoms with Gasteiger partial charge in [0.25, 0.3) is 0 Å². The van der Waals surface area contributed by atoms with Crippen LogP contribution < -0.4 is 0 Å². The standard InChI is InChI=1S/C9H11Br3O2S2/c1-9(2,16(3,13)14)7(11)5-4-6(10)15-8(5)12/h4,7H,1-3H3. The highest BCUT2D eigenvalue weighted by Gasteiger charge is 2.39. The van der Waals surface area contributed by atoms with E-state index in [9.17, 15) is 8.42 Å². The summed E-state index contributed by atoms with van der Waals surface area (Å²) < 4.78 is 24.5. The molecule has 0 saturated heterocycles. The third-order valence-corrected chi connectivity index (χ3v) is 9.00. The predicted molar refractivity (Wildman–Crippen MR) is 80.3 cm³/mol. The molecule has 0 radical (unpaired) electrons. The van der Waals surface area contributed by atoms with Gasteiger partial charge in [0.1, 0.15) is 0 Å². The van der Waals surface area contributed by atoms with Gasteiger partial charge in [0.2, 0.25) is 0 Å². The summed E-state index contributed by atoms with van der Waals surface area (Å²) in [6.07, 6.45) is 1.26. The van der Waals surface area contributed by atoms with E-state index in [0.29, 0.717) is 0 Å². The van der Waals surface area contributed by atoms with Gasteiger partial charge in [-0.2, -0.15) is 0 Å². The van der Waals surface area contributed by atoms with E-state index in [4.69, 9.17) is 0 Å². The number of thiophene rings is 1. The van der Waals surface area contributed by atoms with Crippen LogP contribution in [0, 0.1) is 0 Å². The molecule has 92 valence electrons. The fourth-order valence-electron chi connectivity index (χ4n) is 1.09. The maximum atomic E-state index is 11.7. The molecule has 1 atom stereocenters. The topological polar surface area (TPSA) is 34.1 Å². The van der Waals surface area contributed by atoms with Gasteiger partial charge in [-0.3, -0.25) is 0 Å². The minimum atomic E-state index is -3.14. The van der Waals surface area contributed by atoms with Gasteiger partial charge in [-0.25, -0.2) is 8.42 Å². The highest BCUT2D eigenvalue weighted by molar-refractivity contribution is 9.12. The van der Waals surface area contributed by atoms with Gasteiger partial charge in [-0.1, -0.05) is 15.9 Å². The van der Waals surface area contributed by atoms with Gasteiger partial charge in [0, 0.05) is 6.26 Å². The molecule has 0 fully saturated rings. The lowest BCUT2D eigenvalue weighted by molar-refractivity contribution is 0.548. The normalized spacial score (nSPS) is 15.1. The maximum Gasteiger partial charge on any atom is 0.154 e. The SMILES string of the molecule is CC(C)(C(Br)c1cc(Br)sc1Br)S(C)(=O)=O. The molecule has 2 nitrogen and oxygen atoms in total. The van der Waals surface area contributed by atoms with Crippen molar-refractivity contribution in [1.29, 1.82) is 0 Å². The first kappa shape index (κ1) is 15.1. The zero-order valence-corrected chi connectivity index (χ0v) is 15.3. The molecule has 1 aromatic heterocycles. The van der Waals surface area contributed by atoms with Gasteiger partial charge < -0.3 is 0 Å². The van der Waals surface area contributed by atoms with Crippen LogP contribution in [0.25, 0.3) is 0 Å². The van der Waals surface area contributed by atoms with Crippen molar-refractivity contribution < 1.29 is 8.42 Å². The molecule has 0 spiro atoms. The minimum Gasteiger partial charge on any atom is -0.229 e. The zero-order valence-electron chi connectivity index (χ0n) is 8.92. The Bertz CT molecular complexity index is 491. The van der Waals surface area contributed by atoms with E-state index in [1.165, 1.54) is 17.6 Å². The minimum absolute atomic E-state index is 0.244. The monoisotopic (exact) mass is 452 g/mol. The summed E-state index contributed by atoms with van der Waals surface area (Å²) in [6, 6.07) is 1.93. The summed E-state index contributed by atoms with van der Waals surface area (Å²) >= 11 is 11.8. The second-order valence-electron chi connectivity index (χ2n) is 4.02. The first-order chi connectivity index (χ1) is 7.07. The number of sulfone groups is 1. The molecule has 0 aliphatic heterocycles. The van der Waals surface area contributed by atoms with Crippen LogP contribution in [0.3, 0.4) is 0 Å². The van der Waals surface area contributed by atoms with E-state index in [1.807, 2.05) is 6.07 Å². The Balaban J connectivity index is 3.22. The molecule has 0 aliphatic carbocycles. The average Bonchev–Trinajstić information content (AvgIpc) is 2.41. The number of alkyl halides is 1. The van der Waals surface area contributed by atoms with Crippen molar-refractivity contribution in [3.63, 3.8) is 0 Å². The van der Waals surface area contributed by atoms with Crippen molar-refractivity contribution >= 4 is 69.0 Å². The van der Waals surface area contributed by atoms with E-state index in [-0.39, 0.29) is 4.83 Å². The zero-order chi connectivity index (χ0) is 12.7. The van der Waals surface area contributed by atoms with E-state index >= 15 is 0 Å². The Morgan fingerprint density at radius 2 is 1.88 bits per heavy atom. The molecule has 1 unspecified atom stereocenters. The van der Waals surface area contributed by atoms with E-state index in [1.54, 1.807) is 13.8 Å². The third-order valence-electron chi connectivity index (χ3n) is 2.52. The highest BCUT2D eigenvalue weighted by Crippen LogP contribution is 2.45. The van der Waals surface area contributed by atoms with Crippen molar-refractivity contribution in [3.8, 4) is 0 Å². The largest absolute Gasteiger partial charge is 0.229 e. The molecule has 0 saturated carbocycles. The number of hydrogen-bond donors (Lipinski definition) is 0. The summed E-state index contributed by atoms with van der Waals surface area (Å²) in [4.78, 5) is -0.244. The van der Waals surface area contributed by atoms with Gasteiger partial charge in [-0.15, -0.1) is 11.3 Å². The van der Waals surface area contributed by atoms with Crippen molar-refractivity contribution in [3.05, 3.63) is 19.2 Å². The second-order valence-corrected chi connectivity index (χ2v) is 11.3. The van der Waals surface area contributed by atoms with Crippen molar-refractivity contribution in [2.24, 2.45) is 0 Å². The fourth-order valence-corrected chi connectivity index (χ4v) is 6.33. The number of hydrogen-bond acceptors (Lipinski definition) is 3. The molecule has 0 amide bonds. The molecule has 1 aromatic rings. The molecule has 16 heavy (non-hydrogen) atoms. The lowest BCUT2D eigenvalue weighted by Gasteiger charge is -2.28. The Kier molecular flexibility index (Phi) is 4.73. The summed E-state index contributed by atoms with van der Waals surface area (Å²) in [5.74, 6) is 0. The highest BCUT2D eigenvalue weighted by atomic mass is 79.9. The molecule has 7 heteroatoms. The van der Waals surface area contributed by atoms with E-state index < -0.39 is 14.6 Å². The molecular formula is C9H11Br3O2S2. The second kappa shape index (κ2) is 4.99. The van der Waals surface area contributed by atoms with Crippen molar-refractivity contribution in [1.82, 2.24) is 0 Å². The van der Waals surface area contributed by atoms with Crippen LogP contribution in [0.15, 0.2) is 13.6 Å². The molecule has 1 heterocycles. The van der Waals surface area contributed by atoms with Crippen LogP contribution in [0.4, 0.5) is 0 Å². The first-order valence-corrected chi connectivity index (χ1v) is 9.56. The van der Waals surface area contributed by atoms with Gasteiger partial charge in [-0.05, 0) is 57.3 Å². The van der Waals surface area contributed by atoms with Gasteiger partial charge in [0.15, 0.2) is 9.84 Å². The molecule has 0 aliphatic rings. The number of rotatable bonds is 3. The van der Waals surface area contributed by atoms with Gasteiger partial charge >= 0.3 is 0 Å². The number of halogens is 3. The maximum absolute atomic E-state index is 11.7. The quantitative estimate of drug-likeness (QED) is 0.629. The van der Waals surface area contributed by atoms with Crippen molar-refractivity contribution in [2.75, 3.05) is 6.26 Å². The van der Waals surface area contributed by atoms with Crippen LogP contribution in [-0.2, 0) is 9.84 Å². The summed E-state index contributed by atoms with van der Waals surface area (Å²) in [5.41, 5.74) is 0.951. The summed E-state index contributed by atoms with van der Waals surface area (Å²) in [7, 11) is -3.14. The van der Waals surface area contributed by atoms with Crippen LogP contribution >= 0.6 is 59.1 Å². The Morgan fingerprint density at radius 1 is 1.38 bits per heavy atom. The Labute approximate surface area is 125 Å². The smallest absolute Gasteiger partial charge is 0.154 e. The van der Waals surface area contributed by atoms with Gasteiger partial charge in [0.05, 0.1) is 17.1 Å². The average molecular weight is 455 g/mol. The third kappa shape index (κ3) is 2.91. The first-order valence-electron chi connectivity index (χ1n) is 4.35.